The number of pyridine rings is 1. The van der Waals surface area contributed by atoms with E-state index in [9.17, 15) is 0 Å². The van der Waals surface area contributed by atoms with Crippen LogP contribution < -0.4 is 5.73 Å². The van der Waals surface area contributed by atoms with Crippen molar-refractivity contribution < 1.29 is 0 Å². The summed E-state index contributed by atoms with van der Waals surface area (Å²) in [5.74, 6) is 0. The van der Waals surface area contributed by atoms with Crippen molar-refractivity contribution in [2.45, 2.75) is 13.3 Å². The van der Waals surface area contributed by atoms with Crippen LogP contribution in [0.25, 0.3) is 0 Å². The van der Waals surface area contributed by atoms with Gasteiger partial charge in [0.05, 0.1) is 16.4 Å². The Labute approximate surface area is 65.0 Å². The Hall–Kier alpha value is -0.760. The van der Waals surface area contributed by atoms with Gasteiger partial charge in [-0.15, -0.1) is 0 Å². The van der Waals surface area contributed by atoms with Gasteiger partial charge in [0.25, 0.3) is 0 Å². The van der Waals surface area contributed by atoms with Crippen molar-refractivity contribution in [2.24, 2.45) is 0 Å². The van der Waals surface area contributed by atoms with Gasteiger partial charge in [-0.05, 0) is 12.5 Å². The molecule has 0 saturated carbocycles. The minimum absolute atomic E-state index is 0.588. The van der Waals surface area contributed by atoms with Crippen LogP contribution in [-0.2, 0) is 6.42 Å². The fourth-order valence-corrected chi connectivity index (χ4v) is 0.996. The molecule has 0 aliphatic heterocycles. The van der Waals surface area contributed by atoms with Gasteiger partial charge in [-0.2, -0.15) is 0 Å². The van der Waals surface area contributed by atoms with Gasteiger partial charge >= 0.3 is 0 Å². The van der Waals surface area contributed by atoms with E-state index in [-0.39, 0.29) is 0 Å². The maximum atomic E-state index is 5.81. The molecule has 0 amide bonds. The van der Waals surface area contributed by atoms with Crippen LogP contribution in [0.1, 0.15) is 12.6 Å². The summed E-state index contributed by atoms with van der Waals surface area (Å²) in [7, 11) is 0. The lowest BCUT2D eigenvalue weighted by Crippen LogP contribution is -1.93. The predicted octanol–water partition coefficient (Wildman–Crippen LogP) is 1.88. The molecule has 0 spiro atoms. The summed E-state index contributed by atoms with van der Waals surface area (Å²) in [5, 5.41) is 0.588. The van der Waals surface area contributed by atoms with Crippen LogP contribution in [0.3, 0.4) is 0 Å². The molecular formula is C7H9ClN2. The molecule has 10 heavy (non-hydrogen) atoms. The molecule has 2 N–H and O–H groups in total. The fraction of sp³-hybridized carbons (Fsp3) is 0.286. The zero-order chi connectivity index (χ0) is 7.56. The molecule has 1 aromatic heterocycles. The first-order chi connectivity index (χ1) is 4.75. The van der Waals surface area contributed by atoms with Gasteiger partial charge in [0.1, 0.15) is 0 Å². The number of aromatic nitrogens is 1. The lowest BCUT2D eigenvalue weighted by atomic mass is 10.3. The number of anilines is 1. The zero-order valence-electron chi connectivity index (χ0n) is 5.76. The monoisotopic (exact) mass is 156 g/mol. The molecule has 0 aliphatic carbocycles. The molecular weight excluding hydrogens is 148 g/mol. The van der Waals surface area contributed by atoms with Crippen LogP contribution in [0, 0.1) is 0 Å². The smallest absolute Gasteiger partial charge is 0.0850 e. The number of nitrogen functional groups attached to an aromatic ring is 1. The van der Waals surface area contributed by atoms with E-state index >= 15 is 0 Å². The number of rotatable bonds is 1. The summed E-state index contributed by atoms with van der Waals surface area (Å²) in [5.41, 5.74) is 6.99. The predicted molar refractivity (Wildman–Crippen MR) is 43.0 cm³/mol. The Balaban J connectivity index is 3.14. The Morgan fingerprint density at radius 3 is 2.90 bits per heavy atom. The molecule has 0 radical (unpaired) electrons. The second kappa shape index (κ2) is 2.88. The molecule has 0 aliphatic rings. The largest absolute Gasteiger partial charge is 0.397 e. The van der Waals surface area contributed by atoms with E-state index < -0.39 is 0 Å². The van der Waals surface area contributed by atoms with E-state index in [2.05, 4.69) is 4.98 Å². The summed E-state index contributed by atoms with van der Waals surface area (Å²) in [4.78, 5) is 4.05. The van der Waals surface area contributed by atoms with Gasteiger partial charge in [-0.25, -0.2) is 0 Å². The molecule has 0 atom stereocenters. The highest BCUT2D eigenvalue weighted by Crippen LogP contribution is 2.20. The standard InChI is InChI=1S/C7H9ClN2/c1-2-6-7(8)5(9)3-4-10-6/h3-4H,2H2,1H3,(H2,9,10). The normalized spacial score (nSPS) is 9.80. The van der Waals surface area contributed by atoms with Gasteiger partial charge in [0.15, 0.2) is 0 Å². The number of hydrogen-bond donors (Lipinski definition) is 1. The van der Waals surface area contributed by atoms with Gasteiger partial charge < -0.3 is 5.73 Å². The summed E-state index contributed by atoms with van der Waals surface area (Å²) in [6.45, 7) is 1.99. The maximum absolute atomic E-state index is 5.81. The molecule has 0 aromatic carbocycles. The highest BCUT2D eigenvalue weighted by molar-refractivity contribution is 6.33. The van der Waals surface area contributed by atoms with E-state index in [1.807, 2.05) is 6.92 Å². The van der Waals surface area contributed by atoms with Gasteiger partial charge in [-0.3, -0.25) is 4.98 Å². The lowest BCUT2D eigenvalue weighted by molar-refractivity contribution is 1.04. The van der Waals surface area contributed by atoms with Crippen LogP contribution >= 0.6 is 11.6 Å². The van der Waals surface area contributed by atoms with Crippen LogP contribution in [0.15, 0.2) is 12.3 Å². The Morgan fingerprint density at radius 2 is 2.40 bits per heavy atom. The fourth-order valence-electron chi connectivity index (χ4n) is 0.750. The van der Waals surface area contributed by atoms with E-state index in [0.717, 1.165) is 12.1 Å². The zero-order valence-corrected chi connectivity index (χ0v) is 6.52. The summed E-state index contributed by atoms with van der Waals surface area (Å²) < 4.78 is 0. The third-order valence-corrected chi connectivity index (χ3v) is 1.76. The highest BCUT2D eigenvalue weighted by atomic mass is 35.5. The molecule has 54 valence electrons. The minimum Gasteiger partial charge on any atom is -0.397 e. The van der Waals surface area contributed by atoms with Gasteiger partial charge in [-0.1, -0.05) is 18.5 Å². The number of nitrogens with zero attached hydrogens (tertiary/aromatic N) is 1. The summed E-state index contributed by atoms with van der Waals surface area (Å²) in [6.07, 6.45) is 2.49. The van der Waals surface area contributed by atoms with Crippen molar-refractivity contribution in [3.05, 3.63) is 23.0 Å². The van der Waals surface area contributed by atoms with Crippen molar-refractivity contribution in [3.8, 4) is 0 Å². The quantitative estimate of drug-likeness (QED) is 0.675. The van der Waals surface area contributed by atoms with E-state index in [4.69, 9.17) is 17.3 Å². The van der Waals surface area contributed by atoms with Crippen LogP contribution in [0.4, 0.5) is 5.69 Å². The topological polar surface area (TPSA) is 38.9 Å². The van der Waals surface area contributed by atoms with Crippen LogP contribution in [-0.4, -0.2) is 4.98 Å². The lowest BCUT2D eigenvalue weighted by Gasteiger charge is -2.00. The summed E-state index contributed by atoms with van der Waals surface area (Å²) in [6, 6.07) is 1.70. The average Bonchev–Trinajstić information content (AvgIpc) is 1.95. The minimum atomic E-state index is 0.588. The van der Waals surface area contributed by atoms with Gasteiger partial charge in [0.2, 0.25) is 0 Å². The third-order valence-electron chi connectivity index (χ3n) is 1.33. The van der Waals surface area contributed by atoms with Crippen molar-refractivity contribution in [1.29, 1.82) is 0 Å². The molecule has 1 aromatic rings. The van der Waals surface area contributed by atoms with E-state index in [0.29, 0.717) is 10.7 Å². The second-order valence-corrected chi connectivity index (χ2v) is 2.39. The van der Waals surface area contributed by atoms with Crippen molar-refractivity contribution in [3.63, 3.8) is 0 Å². The molecule has 0 saturated heterocycles. The number of nitrogens with two attached hydrogens (primary N) is 1. The second-order valence-electron chi connectivity index (χ2n) is 2.01. The average molecular weight is 157 g/mol. The Morgan fingerprint density at radius 1 is 1.70 bits per heavy atom. The first-order valence-corrected chi connectivity index (χ1v) is 3.52. The number of aryl methyl sites for hydroxylation is 1. The van der Waals surface area contributed by atoms with Crippen molar-refractivity contribution in [2.75, 3.05) is 5.73 Å². The Kier molecular flexibility index (Phi) is 2.12. The molecule has 1 heterocycles. The summed E-state index contributed by atoms with van der Waals surface area (Å²) >= 11 is 5.81. The number of hydrogen-bond acceptors (Lipinski definition) is 2. The Bertz CT molecular complexity index is 235. The van der Waals surface area contributed by atoms with Crippen LogP contribution in [0.2, 0.25) is 5.02 Å². The van der Waals surface area contributed by atoms with E-state index in [1.54, 1.807) is 12.3 Å². The third kappa shape index (κ3) is 1.21. The number of halogens is 1. The molecule has 2 nitrogen and oxygen atoms in total. The molecule has 0 unspecified atom stereocenters. The first kappa shape index (κ1) is 7.35. The highest BCUT2D eigenvalue weighted by Gasteiger charge is 2.00. The first-order valence-electron chi connectivity index (χ1n) is 3.14. The van der Waals surface area contributed by atoms with E-state index in [1.165, 1.54) is 0 Å². The van der Waals surface area contributed by atoms with Gasteiger partial charge in [0, 0.05) is 6.20 Å². The van der Waals surface area contributed by atoms with Crippen molar-refractivity contribution in [1.82, 2.24) is 4.98 Å². The molecule has 1 rings (SSSR count). The molecule has 0 bridgehead atoms. The molecule has 3 heteroatoms. The van der Waals surface area contributed by atoms with Crippen LogP contribution in [0.5, 0.6) is 0 Å². The molecule has 0 fully saturated rings. The SMILES string of the molecule is CCc1nccc(N)c1Cl. The van der Waals surface area contributed by atoms with Crippen molar-refractivity contribution >= 4 is 17.3 Å². The maximum Gasteiger partial charge on any atom is 0.0850 e.